The third kappa shape index (κ3) is 2.05. The van der Waals surface area contributed by atoms with Gasteiger partial charge in [-0.15, -0.1) is 0 Å². The minimum Gasteiger partial charge on any atom is -0.330 e. The van der Waals surface area contributed by atoms with Crippen molar-refractivity contribution in [2.45, 2.75) is 6.92 Å². The molecule has 0 radical (unpaired) electrons. The van der Waals surface area contributed by atoms with E-state index in [1.807, 2.05) is 35.2 Å². The van der Waals surface area contributed by atoms with Gasteiger partial charge in [0.15, 0.2) is 0 Å². The van der Waals surface area contributed by atoms with Crippen molar-refractivity contribution in [2.24, 2.45) is 0 Å². The molecular formula is C15H13FN2O. The topological polar surface area (TPSA) is 32.3 Å². The summed E-state index contributed by atoms with van der Waals surface area (Å²) in [4.78, 5) is 13.6. The Labute approximate surface area is 110 Å². The average Bonchev–Trinajstić information content (AvgIpc) is 2.41. The lowest BCUT2D eigenvalue weighted by Crippen LogP contribution is -2.35. The zero-order valence-electron chi connectivity index (χ0n) is 10.5. The maximum Gasteiger partial charge on any atom is 0.244 e. The fraction of sp³-hybridized carbons (Fsp3) is 0.133. The SMILES string of the molecule is Cc1cc2c(cc1F)NC(=O)CN2c1ccccc1. The first-order chi connectivity index (χ1) is 9.15. The number of carbonyl (C=O) groups excluding carboxylic acids is 1. The Morgan fingerprint density at radius 1 is 1.21 bits per heavy atom. The molecule has 0 fully saturated rings. The van der Waals surface area contributed by atoms with Crippen LogP contribution in [0.25, 0.3) is 0 Å². The molecule has 3 rings (SSSR count). The van der Waals surface area contributed by atoms with Gasteiger partial charge in [-0.3, -0.25) is 4.79 Å². The van der Waals surface area contributed by atoms with Crippen LogP contribution in [0.3, 0.4) is 0 Å². The van der Waals surface area contributed by atoms with E-state index in [0.717, 1.165) is 11.4 Å². The molecule has 0 unspecified atom stereocenters. The highest BCUT2D eigenvalue weighted by Gasteiger charge is 2.24. The largest absolute Gasteiger partial charge is 0.330 e. The van der Waals surface area contributed by atoms with E-state index in [4.69, 9.17) is 0 Å². The van der Waals surface area contributed by atoms with Crippen LogP contribution in [-0.2, 0) is 4.79 Å². The number of halogens is 1. The average molecular weight is 256 g/mol. The molecule has 96 valence electrons. The van der Waals surface area contributed by atoms with Crippen LogP contribution in [0.1, 0.15) is 5.56 Å². The second kappa shape index (κ2) is 4.39. The predicted molar refractivity (Wildman–Crippen MR) is 73.2 cm³/mol. The fourth-order valence-electron chi connectivity index (χ4n) is 2.25. The number of nitrogens with one attached hydrogen (secondary N) is 1. The molecule has 0 bridgehead atoms. The monoisotopic (exact) mass is 256 g/mol. The van der Waals surface area contributed by atoms with Crippen LogP contribution in [0.2, 0.25) is 0 Å². The quantitative estimate of drug-likeness (QED) is 0.849. The first kappa shape index (κ1) is 11.7. The Bertz CT molecular complexity index is 640. The lowest BCUT2D eigenvalue weighted by atomic mass is 10.1. The fourth-order valence-corrected chi connectivity index (χ4v) is 2.25. The molecule has 4 heteroatoms. The number of benzene rings is 2. The van der Waals surface area contributed by atoms with E-state index >= 15 is 0 Å². The van der Waals surface area contributed by atoms with Gasteiger partial charge in [0.25, 0.3) is 0 Å². The van der Waals surface area contributed by atoms with Crippen LogP contribution in [0.4, 0.5) is 21.5 Å². The molecule has 0 saturated carbocycles. The summed E-state index contributed by atoms with van der Waals surface area (Å²) in [6.07, 6.45) is 0. The van der Waals surface area contributed by atoms with Crippen molar-refractivity contribution in [3.63, 3.8) is 0 Å². The van der Waals surface area contributed by atoms with Crippen LogP contribution in [0.5, 0.6) is 0 Å². The van der Waals surface area contributed by atoms with Crippen LogP contribution in [-0.4, -0.2) is 12.5 Å². The zero-order valence-corrected chi connectivity index (χ0v) is 10.5. The van der Waals surface area contributed by atoms with Gasteiger partial charge in [-0.25, -0.2) is 4.39 Å². The van der Waals surface area contributed by atoms with E-state index in [-0.39, 0.29) is 18.3 Å². The molecule has 0 atom stereocenters. The van der Waals surface area contributed by atoms with E-state index in [2.05, 4.69) is 5.32 Å². The first-order valence-corrected chi connectivity index (χ1v) is 6.08. The molecule has 0 aliphatic carbocycles. The van der Waals surface area contributed by atoms with Crippen LogP contribution in [0, 0.1) is 12.7 Å². The van der Waals surface area contributed by atoms with Crippen molar-refractivity contribution < 1.29 is 9.18 Å². The Kier molecular flexibility index (Phi) is 2.71. The highest BCUT2D eigenvalue weighted by Crippen LogP contribution is 2.36. The molecule has 1 heterocycles. The smallest absolute Gasteiger partial charge is 0.244 e. The van der Waals surface area contributed by atoms with Crippen molar-refractivity contribution >= 4 is 23.0 Å². The van der Waals surface area contributed by atoms with Gasteiger partial charge < -0.3 is 10.2 Å². The number of nitrogens with zero attached hydrogens (tertiary/aromatic N) is 1. The Balaban J connectivity index is 2.14. The molecule has 1 amide bonds. The summed E-state index contributed by atoms with van der Waals surface area (Å²) in [5, 5.41) is 2.71. The van der Waals surface area contributed by atoms with Gasteiger partial charge in [0.1, 0.15) is 12.4 Å². The number of amides is 1. The van der Waals surface area contributed by atoms with Crippen LogP contribution >= 0.6 is 0 Å². The minimum atomic E-state index is -0.311. The molecule has 1 aliphatic heterocycles. The maximum absolute atomic E-state index is 13.6. The number of fused-ring (bicyclic) bond motifs is 1. The molecule has 0 spiro atoms. The standard InChI is InChI=1S/C15H13FN2O/c1-10-7-14-13(8-12(10)16)17-15(19)9-18(14)11-5-3-2-4-6-11/h2-8H,9H2,1H3,(H,17,19). The molecule has 1 aliphatic rings. The normalized spacial score (nSPS) is 14.0. The summed E-state index contributed by atoms with van der Waals surface area (Å²) in [7, 11) is 0. The van der Waals surface area contributed by atoms with Crippen molar-refractivity contribution in [3.05, 3.63) is 53.8 Å². The first-order valence-electron chi connectivity index (χ1n) is 6.08. The van der Waals surface area contributed by atoms with Gasteiger partial charge in [-0.05, 0) is 36.8 Å². The Morgan fingerprint density at radius 3 is 2.68 bits per heavy atom. The lowest BCUT2D eigenvalue weighted by Gasteiger charge is -2.31. The van der Waals surface area contributed by atoms with Crippen molar-refractivity contribution in [1.29, 1.82) is 0 Å². The number of rotatable bonds is 1. The molecule has 0 saturated heterocycles. The molecular weight excluding hydrogens is 243 g/mol. The van der Waals surface area contributed by atoms with E-state index < -0.39 is 0 Å². The van der Waals surface area contributed by atoms with Gasteiger partial charge in [0.05, 0.1) is 11.4 Å². The number of carbonyl (C=O) groups is 1. The Hall–Kier alpha value is -2.36. The molecule has 1 N–H and O–H groups in total. The van der Waals surface area contributed by atoms with Gasteiger partial charge in [-0.2, -0.15) is 0 Å². The summed E-state index contributed by atoms with van der Waals surface area (Å²) < 4.78 is 13.6. The van der Waals surface area contributed by atoms with E-state index in [0.29, 0.717) is 11.3 Å². The van der Waals surface area contributed by atoms with E-state index in [9.17, 15) is 9.18 Å². The molecule has 3 nitrogen and oxygen atoms in total. The van der Waals surface area contributed by atoms with E-state index in [1.54, 1.807) is 13.0 Å². The predicted octanol–water partition coefficient (Wildman–Crippen LogP) is 3.22. The minimum absolute atomic E-state index is 0.139. The highest BCUT2D eigenvalue weighted by molar-refractivity contribution is 6.03. The Morgan fingerprint density at radius 2 is 1.95 bits per heavy atom. The van der Waals surface area contributed by atoms with Crippen molar-refractivity contribution in [3.8, 4) is 0 Å². The summed E-state index contributed by atoms with van der Waals surface area (Å²) in [6, 6.07) is 12.7. The third-order valence-corrected chi connectivity index (χ3v) is 3.21. The number of aryl methyl sites for hydroxylation is 1. The van der Waals surface area contributed by atoms with Gasteiger partial charge in [0, 0.05) is 5.69 Å². The summed E-state index contributed by atoms with van der Waals surface area (Å²) in [5.41, 5.74) is 2.83. The van der Waals surface area contributed by atoms with Crippen molar-refractivity contribution in [2.75, 3.05) is 16.8 Å². The van der Waals surface area contributed by atoms with E-state index in [1.165, 1.54) is 6.07 Å². The molecule has 2 aromatic carbocycles. The lowest BCUT2D eigenvalue weighted by molar-refractivity contribution is -0.115. The second-order valence-corrected chi connectivity index (χ2v) is 4.59. The zero-order chi connectivity index (χ0) is 13.4. The van der Waals surface area contributed by atoms with Gasteiger partial charge >= 0.3 is 0 Å². The molecule has 0 aromatic heterocycles. The molecule has 2 aromatic rings. The summed E-state index contributed by atoms with van der Waals surface area (Å²) in [5.74, 6) is -0.450. The number of hydrogen-bond acceptors (Lipinski definition) is 2. The maximum atomic E-state index is 13.6. The molecule has 19 heavy (non-hydrogen) atoms. The number of anilines is 3. The highest BCUT2D eigenvalue weighted by atomic mass is 19.1. The summed E-state index contributed by atoms with van der Waals surface area (Å²) >= 11 is 0. The van der Waals surface area contributed by atoms with Gasteiger partial charge in [-0.1, -0.05) is 18.2 Å². The van der Waals surface area contributed by atoms with Crippen LogP contribution < -0.4 is 10.2 Å². The van der Waals surface area contributed by atoms with Crippen LogP contribution in [0.15, 0.2) is 42.5 Å². The van der Waals surface area contributed by atoms with Gasteiger partial charge in [0.2, 0.25) is 5.91 Å². The second-order valence-electron chi connectivity index (χ2n) is 4.59. The number of para-hydroxylation sites is 1. The number of hydrogen-bond donors (Lipinski definition) is 1. The third-order valence-electron chi connectivity index (χ3n) is 3.21. The summed E-state index contributed by atoms with van der Waals surface area (Å²) in [6.45, 7) is 1.96. The van der Waals surface area contributed by atoms with Crippen molar-refractivity contribution in [1.82, 2.24) is 0 Å².